The van der Waals surface area contributed by atoms with Gasteiger partial charge in [0.05, 0.1) is 0 Å². The molecule has 0 atom stereocenters. The summed E-state index contributed by atoms with van der Waals surface area (Å²) in [6.45, 7) is 5.69. The van der Waals surface area contributed by atoms with E-state index >= 15 is 0 Å². The van der Waals surface area contributed by atoms with Crippen LogP contribution in [0.15, 0.2) is 0 Å². The number of aliphatic carboxylic acids is 1. The van der Waals surface area contributed by atoms with Gasteiger partial charge < -0.3 is 15.7 Å². The van der Waals surface area contributed by atoms with Crippen LogP contribution in [0.25, 0.3) is 0 Å². The zero-order chi connectivity index (χ0) is 13.1. The van der Waals surface area contributed by atoms with Crippen molar-refractivity contribution in [3.8, 4) is 0 Å². The average molecular weight is 242 g/mol. The number of carbonyl (C=O) groups is 2. The van der Waals surface area contributed by atoms with Crippen LogP contribution < -0.4 is 10.6 Å². The van der Waals surface area contributed by atoms with Crippen molar-refractivity contribution in [1.29, 1.82) is 0 Å². The van der Waals surface area contributed by atoms with Gasteiger partial charge in [0.25, 0.3) is 0 Å². The lowest BCUT2D eigenvalue weighted by atomic mass is 9.79. The maximum Gasteiger partial charge on any atom is 0.315 e. The zero-order valence-corrected chi connectivity index (χ0v) is 10.8. The van der Waals surface area contributed by atoms with Crippen molar-refractivity contribution in [2.45, 2.75) is 64.0 Å². The van der Waals surface area contributed by atoms with Crippen LogP contribution in [0.2, 0.25) is 0 Å². The number of hydrogen-bond donors (Lipinski definition) is 3. The fourth-order valence-electron chi connectivity index (χ4n) is 1.93. The van der Waals surface area contributed by atoms with Crippen LogP contribution in [0.1, 0.15) is 52.9 Å². The molecule has 0 bridgehead atoms. The van der Waals surface area contributed by atoms with E-state index < -0.39 is 11.5 Å². The predicted molar refractivity (Wildman–Crippen MR) is 64.9 cm³/mol. The number of urea groups is 1. The Labute approximate surface area is 102 Å². The molecule has 1 aliphatic carbocycles. The molecule has 0 aromatic heterocycles. The van der Waals surface area contributed by atoms with Crippen LogP contribution in [-0.4, -0.2) is 28.2 Å². The van der Waals surface area contributed by atoms with E-state index in [0.29, 0.717) is 6.42 Å². The molecule has 0 aromatic rings. The summed E-state index contributed by atoms with van der Waals surface area (Å²) < 4.78 is 0. The highest BCUT2D eigenvalue weighted by Gasteiger charge is 2.34. The molecule has 0 spiro atoms. The smallest absolute Gasteiger partial charge is 0.315 e. The molecule has 0 radical (unpaired) electrons. The molecule has 5 heteroatoms. The van der Waals surface area contributed by atoms with Gasteiger partial charge in [-0.2, -0.15) is 0 Å². The first-order valence-corrected chi connectivity index (χ1v) is 6.05. The van der Waals surface area contributed by atoms with E-state index in [-0.39, 0.29) is 18.0 Å². The first kappa shape index (κ1) is 13.8. The monoisotopic (exact) mass is 242 g/mol. The van der Waals surface area contributed by atoms with Crippen molar-refractivity contribution in [1.82, 2.24) is 10.6 Å². The number of hydrogen-bond acceptors (Lipinski definition) is 2. The number of carboxylic acids is 1. The summed E-state index contributed by atoms with van der Waals surface area (Å²) in [6.07, 6.45) is 3.65. The number of rotatable bonds is 5. The maximum absolute atomic E-state index is 11.7. The minimum Gasteiger partial charge on any atom is -0.481 e. The molecule has 1 aliphatic rings. The van der Waals surface area contributed by atoms with Crippen molar-refractivity contribution < 1.29 is 14.7 Å². The molecule has 0 unspecified atom stereocenters. The largest absolute Gasteiger partial charge is 0.481 e. The second kappa shape index (κ2) is 4.94. The van der Waals surface area contributed by atoms with Gasteiger partial charge in [-0.1, -0.05) is 0 Å². The summed E-state index contributed by atoms with van der Waals surface area (Å²) in [5.41, 5.74) is -0.574. The van der Waals surface area contributed by atoms with Gasteiger partial charge in [-0.05, 0) is 46.5 Å². The Morgan fingerprint density at radius 3 is 2.35 bits per heavy atom. The third-order valence-corrected chi connectivity index (χ3v) is 3.29. The van der Waals surface area contributed by atoms with Crippen molar-refractivity contribution in [2.75, 3.05) is 0 Å². The number of amides is 2. The quantitative estimate of drug-likeness (QED) is 0.688. The molecule has 1 rings (SSSR count). The summed E-state index contributed by atoms with van der Waals surface area (Å²) in [5.74, 6) is -0.841. The van der Waals surface area contributed by atoms with Crippen LogP contribution in [0.4, 0.5) is 4.79 Å². The van der Waals surface area contributed by atoms with Crippen LogP contribution >= 0.6 is 0 Å². The Hall–Kier alpha value is -1.26. The Bertz CT molecular complexity index is 309. The lowest BCUT2D eigenvalue weighted by molar-refractivity contribution is -0.137. The minimum absolute atomic E-state index is 0.0601. The molecule has 5 nitrogen and oxygen atoms in total. The van der Waals surface area contributed by atoms with Gasteiger partial charge in [0, 0.05) is 17.5 Å². The van der Waals surface area contributed by atoms with Crippen LogP contribution in [0.5, 0.6) is 0 Å². The first-order chi connectivity index (χ1) is 7.72. The lowest BCUT2D eigenvalue weighted by Crippen LogP contribution is -2.57. The van der Waals surface area contributed by atoms with Crippen molar-refractivity contribution in [3.05, 3.63) is 0 Å². The highest BCUT2D eigenvalue weighted by Crippen LogP contribution is 2.30. The van der Waals surface area contributed by atoms with Gasteiger partial charge in [0.1, 0.15) is 0 Å². The van der Waals surface area contributed by atoms with Gasteiger partial charge in [0.2, 0.25) is 0 Å². The number of nitrogens with one attached hydrogen (secondary N) is 2. The SMILES string of the molecule is CC(C)(CCC(=O)O)NC(=O)NC1(C)CCC1. The third kappa shape index (κ3) is 4.63. The van der Waals surface area contributed by atoms with E-state index in [1.165, 1.54) is 0 Å². The molecule has 0 saturated heterocycles. The first-order valence-electron chi connectivity index (χ1n) is 6.05. The van der Waals surface area contributed by atoms with E-state index in [2.05, 4.69) is 10.6 Å². The fourth-order valence-corrected chi connectivity index (χ4v) is 1.93. The van der Waals surface area contributed by atoms with Gasteiger partial charge in [0.15, 0.2) is 0 Å². The second-order valence-corrected chi connectivity index (χ2v) is 5.77. The molecule has 0 aliphatic heterocycles. The highest BCUT2D eigenvalue weighted by atomic mass is 16.4. The molecule has 1 saturated carbocycles. The normalized spacial score (nSPS) is 18.1. The predicted octanol–water partition coefficient (Wildman–Crippen LogP) is 1.87. The van der Waals surface area contributed by atoms with Crippen molar-refractivity contribution in [2.24, 2.45) is 0 Å². The lowest BCUT2D eigenvalue weighted by Gasteiger charge is -2.40. The average Bonchev–Trinajstić information content (AvgIpc) is 2.11. The number of carboxylic acid groups (broad SMARTS) is 1. The molecular formula is C12H22N2O3. The van der Waals surface area contributed by atoms with E-state index in [9.17, 15) is 9.59 Å². The fraction of sp³-hybridized carbons (Fsp3) is 0.833. The maximum atomic E-state index is 11.7. The highest BCUT2D eigenvalue weighted by molar-refractivity contribution is 5.76. The van der Waals surface area contributed by atoms with E-state index in [1.807, 2.05) is 20.8 Å². The van der Waals surface area contributed by atoms with Gasteiger partial charge in [-0.25, -0.2) is 4.79 Å². The van der Waals surface area contributed by atoms with Crippen LogP contribution in [0, 0.1) is 0 Å². The van der Waals surface area contributed by atoms with E-state index in [4.69, 9.17) is 5.11 Å². The van der Waals surface area contributed by atoms with Crippen molar-refractivity contribution >= 4 is 12.0 Å². The Kier molecular flexibility index (Phi) is 4.01. The van der Waals surface area contributed by atoms with Gasteiger partial charge in [-0.15, -0.1) is 0 Å². The summed E-state index contributed by atoms with van der Waals surface area (Å²) in [4.78, 5) is 22.2. The van der Waals surface area contributed by atoms with E-state index in [1.54, 1.807) is 0 Å². The van der Waals surface area contributed by atoms with Gasteiger partial charge >= 0.3 is 12.0 Å². The molecule has 0 aromatic carbocycles. The Morgan fingerprint density at radius 1 is 1.35 bits per heavy atom. The molecule has 3 N–H and O–H groups in total. The third-order valence-electron chi connectivity index (χ3n) is 3.29. The summed E-state index contributed by atoms with van der Waals surface area (Å²) in [7, 11) is 0. The molecule has 98 valence electrons. The molecular weight excluding hydrogens is 220 g/mol. The van der Waals surface area contributed by atoms with Crippen LogP contribution in [-0.2, 0) is 4.79 Å². The molecule has 2 amide bonds. The molecule has 1 fully saturated rings. The molecule has 17 heavy (non-hydrogen) atoms. The number of carbonyl (C=O) groups excluding carboxylic acids is 1. The minimum atomic E-state index is -0.841. The van der Waals surface area contributed by atoms with E-state index in [0.717, 1.165) is 19.3 Å². The standard InChI is InChI=1S/C12H22N2O3/c1-11(2,8-5-9(15)16)13-10(17)14-12(3)6-4-7-12/h4-8H2,1-3H3,(H,15,16)(H2,13,14,17). The Morgan fingerprint density at radius 2 is 1.94 bits per heavy atom. The summed E-state index contributed by atoms with van der Waals surface area (Å²) in [5, 5.41) is 14.4. The van der Waals surface area contributed by atoms with Crippen molar-refractivity contribution in [3.63, 3.8) is 0 Å². The van der Waals surface area contributed by atoms with Gasteiger partial charge in [-0.3, -0.25) is 4.79 Å². The Balaban J connectivity index is 2.35. The molecule has 0 heterocycles. The summed E-state index contributed by atoms with van der Waals surface area (Å²) >= 11 is 0. The van der Waals surface area contributed by atoms with Crippen LogP contribution in [0.3, 0.4) is 0 Å². The summed E-state index contributed by atoms with van der Waals surface area (Å²) in [6, 6.07) is -0.206. The second-order valence-electron chi connectivity index (χ2n) is 5.77. The zero-order valence-electron chi connectivity index (χ0n) is 10.8. The topological polar surface area (TPSA) is 78.4 Å².